The van der Waals surface area contributed by atoms with Gasteiger partial charge in [-0.15, -0.1) is 0 Å². The first-order valence-electron chi connectivity index (χ1n) is 27.7. The van der Waals surface area contributed by atoms with Crippen molar-refractivity contribution < 1.29 is 62.6 Å². The van der Waals surface area contributed by atoms with Crippen LogP contribution in [0.1, 0.15) is 24.8 Å². The molecule has 0 saturated carbocycles. The Kier molecular flexibility index (Phi) is 24.6. The number of ether oxygens (including phenoxy) is 4. The van der Waals surface area contributed by atoms with Crippen molar-refractivity contribution in [2.75, 3.05) is 187 Å². The van der Waals surface area contributed by atoms with Crippen LogP contribution in [0.4, 0.5) is 15.9 Å². The van der Waals surface area contributed by atoms with Crippen LogP contribution >= 0.6 is 11.6 Å². The lowest BCUT2D eigenvalue weighted by Gasteiger charge is -2.39. The van der Waals surface area contributed by atoms with E-state index < -0.39 is 17.9 Å². The number of carboxylic acid groups (broad SMARTS) is 3. The van der Waals surface area contributed by atoms with Gasteiger partial charge < -0.3 is 65.0 Å². The van der Waals surface area contributed by atoms with E-state index in [1.807, 2.05) is 47.2 Å². The number of aromatic nitrogens is 3. The summed E-state index contributed by atoms with van der Waals surface area (Å²) < 4.78 is 37.6. The van der Waals surface area contributed by atoms with Gasteiger partial charge in [0.15, 0.2) is 0 Å². The third-order valence-electron chi connectivity index (χ3n) is 14.4. The number of hydrogen-bond acceptors (Lipinski definition) is 18. The maximum Gasteiger partial charge on any atom is 0.317 e. The van der Waals surface area contributed by atoms with Gasteiger partial charge in [-0.05, 0) is 61.2 Å². The number of anilines is 2. The summed E-state index contributed by atoms with van der Waals surface area (Å²) in [4.78, 5) is 87.8. The van der Waals surface area contributed by atoms with E-state index in [2.05, 4.69) is 20.1 Å². The molecule has 4 aromatic rings. The average molecular weight is 1150 g/mol. The van der Waals surface area contributed by atoms with Gasteiger partial charge in [-0.1, -0.05) is 17.7 Å². The van der Waals surface area contributed by atoms with E-state index in [1.165, 1.54) is 6.07 Å². The number of fused-ring (bicyclic) bond motifs is 1. The molecule has 2 aromatic heterocycles. The first-order valence-corrected chi connectivity index (χ1v) is 28.1. The van der Waals surface area contributed by atoms with Gasteiger partial charge in [0.1, 0.15) is 17.5 Å². The maximum absolute atomic E-state index is 15.0. The van der Waals surface area contributed by atoms with Gasteiger partial charge in [0, 0.05) is 121 Å². The molecule has 0 aliphatic carbocycles. The largest absolute Gasteiger partial charge is 0.480 e. The average Bonchev–Trinajstić information content (AvgIpc) is 4.10. The van der Waals surface area contributed by atoms with Crippen molar-refractivity contribution in [1.29, 1.82) is 0 Å². The van der Waals surface area contributed by atoms with Crippen molar-refractivity contribution in [3.05, 3.63) is 59.0 Å². The number of carbonyl (C=O) groups excluding carboxylic acids is 2. The molecule has 3 aliphatic heterocycles. The molecule has 3 aliphatic rings. The summed E-state index contributed by atoms with van der Waals surface area (Å²) in [5.41, 5.74) is 11.9. The molecule has 0 radical (unpaired) electrons. The summed E-state index contributed by atoms with van der Waals surface area (Å²) in [6, 6.07) is 10.6. The Morgan fingerprint density at radius 3 is 1.75 bits per heavy atom. The van der Waals surface area contributed by atoms with E-state index in [0.717, 1.165) is 46.3 Å². The number of piperazine rings is 1. The van der Waals surface area contributed by atoms with Crippen molar-refractivity contribution in [1.82, 2.24) is 44.8 Å². The smallest absolute Gasteiger partial charge is 0.317 e. The number of nitrogens with zero attached hydrogens (tertiary/aromatic N) is 9. The van der Waals surface area contributed by atoms with Crippen LogP contribution in [0.2, 0.25) is 5.02 Å². The van der Waals surface area contributed by atoms with E-state index in [1.54, 1.807) is 20.8 Å². The summed E-state index contributed by atoms with van der Waals surface area (Å²) in [5, 5.41) is 31.7. The fraction of sp³-hybridized carbons (Fsp3) is 0.582. The number of nitrogens with one attached hydrogen (secondary N) is 2. The Morgan fingerprint density at radius 1 is 0.679 bits per heavy atom. The van der Waals surface area contributed by atoms with Gasteiger partial charge in [0.25, 0.3) is 0 Å². The molecule has 7 N–H and O–H groups in total. The highest BCUT2D eigenvalue weighted by atomic mass is 35.5. The SMILES string of the molecule is Cc1cc(F)cc(-c2cnc(N3CCN(C(=O)CCOCCOCCOCCOCCNC(=O)CN4CCN(CC(=O)O)CCN(CC(=O)O)CCN(CC(=O)O)CC4)CC3)c(-c3nc4cc(Cl)ccc4[nH]3)c2N2CCC(N)CC2)c1. The van der Waals surface area contributed by atoms with Crippen LogP contribution in [0.15, 0.2) is 42.6 Å². The standard InChI is InChI=1S/C55H78ClFN12O12/c1-39-30-40(32-42(57)31-39)44-34-60-55(52(53(44)68-8-4-43(58)5-9-68)54-61-45-3-2-41(56)33-46(45)62-54)69-20-18-67(19-21-69)48(71)6-22-78-24-26-80-28-29-81-27-25-79-23-7-59-47(70)35-63-10-12-64(36-49(72)73)14-16-66(38-51(76)77)17-15-65(13-11-63)37-50(74)75/h2-3,30-34,43H,4-29,35-38,58H2,1H3,(H,59,70)(H,61,62)(H,72,73)(H,74,75)(H,76,77). The van der Waals surface area contributed by atoms with Crippen LogP contribution in [-0.2, 0) is 42.9 Å². The number of aromatic amines is 1. The summed E-state index contributed by atoms with van der Waals surface area (Å²) in [5.74, 6) is -2.34. The van der Waals surface area contributed by atoms with Crippen molar-refractivity contribution in [3.8, 4) is 22.5 Å². The van der Waals surface area contributed by atoms with Gasteiger partial charge >= 0.3 is 17.9 Å². The third kappa shape index (κ3) is 20.1. The first kappa shape index (κ1) is 62.5. The fourth-order valence-corrected chi connectivity index (χ4v) is 10.3. The molecule has 0 spiro atoms. The lowest BCUT2D eigenvalue weighted by Crippen LogP contribution is -2.50. The Hall–Kier alpha value is -6.13. The van der Waals surface area contributed by atoms with Crippen LogP contribution < -0.4 is 20.9 Å². The molecule has 5 heterocycles. The van der Waals surface area contributed by atoms with E-state index in [4.69, 9.17) is 46.3 Å². The molecular weight excluding hydrogens is 1080 g/mol. The fourth-order valence-electron chi connectivity index (χ4n) is 10.2. The Morgan fingerprint density at radius 2 is 1.21 bits per heavy atom. The highest BCUT2D eigenvalue weighted by Gasteiger charge is 2.32. The van der Waals surface area contributed by atoms with Crippen molar-refractivity contribution in [2.45, 2.75) is 32.2 Å². The number of amides is 2. The number of carbonyl (C=O) groups is 5. The van der Waals surface area contributed by atoms with Crippen molar-refractivity contribution in [3.63, 3.8) is 0 Å². The molecule has 3 saturated heterocycles. The summed E-state index contributed by atoms with van der Waals surface area (Å²) >= 11 is 6.40. The topological polar surface area (TPSA) is 285 Å². The second-order valence-corrected chi connectivity index (χ2v) is 20.9. The zero-order chi connectivity index (χ0) is 57.7. The van der Waals surface area contributed by atoms with E-state index in [-0.39, 0.29) is 102 Å². The van der Waals surface area contributed by atoms with E-state index in [0.29, 0.717) is 127 Å². The molecule has 81 heavy (non-hydrogen) atoms. The van der Waals surface area contributed by atoms with Gasteiger partial charge in [-0.25, -0.2) is 14.4 Å². The molecular formula is C55H78ClFN12O12. The summed E-state index contributed by atoms with van der Waals surface area (Å²) in [6.45, 7) is 9.73. The second-order valence-electron chi connectivity index (χ2n) is 20.5. The molecule has 444 valence electrons. The number of H-pyrrole nitrogens is 1. The van der Waals surface area contributed by atoms with Crippen LogP contribution in [0.5, 0.6) is 0 Å². The first-order chi connectivity index (χ1) is 39.1. The van der Waals surface area contributed by atoms with E-state index >= 15 is 4.39 Å². The predicted molar refractivity (Wildman–Crippen MR) is 302 cm³/mol. The minimum absolute atomic E-state index is 0.00590. The zero-order valence-corrected chi connectivity index (χ0v) is 47.0. The minimum atomic E-state index is -1.03. The number of carboxylic acids is 3. The number of hydrogen-bond donors (Lipinski definition) is 6. The monoisotopic (exact) mass is 1150 g/mol. The van der Waals surface area contributed by atoms with Crippen LogP contribution in [0, 0.1) is 12.7 Å². The number of aliphatic carboxylic acids is 3. The summed E-state index contributed by atoms with van der Waals surface area (Å²) in [7, 11) is 0. The molecule has 7 rings (SSSR count). The van der Waals surface area contributed by atoms with E-state index in [9.17, 15) is 39.3 Å². The number of benzene rings is 2. The lowest BCUT2D eigenvalue weighted by atomic mass is 9.96. The molecule has 0 bridgehead atoms. The second kappa shape index (κ2) is 31.9. The number of aryl methyl sites for hydroxylation is 1. The predicted octanol–water partition coefficient (Wildman–Crippen LogP) is 2.02. The minimum Gasteiger partial charge on any atom is -0.480 e. The van der Waals surface area contributed by atoms with Crippen LogP contribution in [0.3, 0.4) is 0 Å². The zero-order valence-electron chi connectivity index (χ0n) is 46.2. The number of pyridine rings is 1. The normalized spacial score (nSPS) is 17.1. The van der Waals surface area contributed by atoms with Gasteiger partial charge in [0.2, 0.25) is 11.8 Å². The highest BCUT2D eigenvalue weighted by molar-refractivity contribution is 6.31. The quantitative estimate of drug-likeness (QED) is 0.0466. The number of rotatable bonds is 27. The van der Waals surface area contributed by atoms with Crippen molar-refractivity contribution >= 4 is 63.9 Å². The Labute approximate surface area is 476 Å². The van der Waals surface area contributed by atoms with Crippen LogP contribution in [0.25, 0.3) is 33.5 Å². The van der Waals surface area contributed by atoms with Crippen LogP contribution in [-0.4, -0.2) is 268 Å². The maximum atomic E-state index is 15.0. The molecule has 2 amide bonds. The molecule has 0 atom stereocenters. The molecule has 2 aromatic carbocycles. The third-order valence-corrected chi connectivity index (χ3v) is 14.6. The van der Waals surface area contributed by atoms with Gasteiger partial charge in [-0.3, -0.25) is 43.6 Å². The van der Waals surface area contributed by atoms with Crippen molar-refractivity contribution in [2.24, 2.45) is 5.73 Å². The highest BCUT2D eigenvalue weighted by Crippen LogP contribution is 2.45. The summed E-state index contributed by atoms with van der Waals surface area (Å²) in [6.07, 6.45) is 3.64. The molecule has 24 nitrogen and oxygen atoms in total. The number of nitrogens with two attached hydrogens (primary N) is 1. The molecule has 0 unspecified atom stereocenters. The van der Waals surface area contributed by atoms with Gasteiger partial charge in [0.05, 0.1) is 108 Å². The number of imidazole rings is 1. The molecule has 3 fully saturated rings. The molecule has 26 heteroatoms. The number of piperidine rings is 1. The lowest BCUT2D eigenvalue weighted by molar-refractivity contribution is -0.140. The Bertz CT molecular complexity index is 2660. The number of halogens is 2. The Balaban J connectivity index is 0.780. The van der Waals surface area contributed by atoms with Gasteiger partial charge in [-0.2, -0.15) is 0 Å².